The van der Waals surface area contributed by atoms with Crippen molar-refractivity contribution in [2.75, 3.05) is 0 Å². The summed E-state index contributed by atoms with van der Waals surface area (Å²) in [5.74, 6) is -0.822. The van der Waals surface area contributed by atoms with Gasteiger partial charge in [0.25, 0.3) is 5.91 Å². The Morgan fingerprint density at radius 3 is 2.20 bits per heavy atom. The summed E-state index contributed by atoms with van der Waals surface area (Å²) in [4.78, 5) is 31.9. The van der Waals surface area contributed by atoms with Crippen LogP contribution in [0, 0.1) is 4.91 Å². The molecule has 0 aromatic heterocycles. The summed E-state index contributed by atoms with van der Waals surface area (Å²) in [7, 11) is 0. The molecular weight excluding hydrogens is 198 g/mol. The molecule has 0 aliphatic heterocycles. The maximum Gasteiger partial charge on any atom is 0.269 e. The maximum absolute atomic E-state index is 11.3. The second-order valence-electron chi connectivity index (χ2n) is 2.77. The Labute approximate surface area is 85.6 Å². The van der Waals surface area contributed by atoms with Crippen molar-refractivity contribution in [3.8, 4) is 0 Å². The summed E-state index contributed by atoms with van der Waals surface area (Å²) in [5, 5.41) is 2.69. The van der Waals surface area contributed by atoms with Crippen LogP contribution < -0.4 is 10.9 Å². The molecule has 0 aliphatic carbocycles. The predicted octanol–water partition coefficient (Wildman–Crippen LogP) is 0.865. The van der Waals surface area contributed by atoms with Gasteiger partial charge in [-0.3, -0.25) is 20.4 Å². The van der Waals surface area contributed by atoms with Crippen LogP contribution in [-0.4, -0.2) is 11.8 Å². The molecule has 15 heavy (non-hydrogen) atoms. The van der Waals surface area contributed by atoms with Crippen LogP contribution in [0.3, 0.4) is 0 Å². The molecule has 0 bridgehead atoms. The molecule has 0 heterocycles. The summed E-state index contributed by atoms with van der Waals surface area (Å²) >= 11 is 0. The van der Waals surface area contributed by atoms with Crippen molar-refractivity contribution in [3.05, 3.63) is 34.7 Å². The molecule has 0 saturated heterocycles. The lowest BCUT2D eigenvalue weighted by atomic mass is 10.2. The quantitative estimate of drug-likeness (QED) is 0.557. The average Bonchev–Trinajstić information content (AvgIpc) is 2.26. The standard InChI is InChI=1S/C9H9N3O3/c1-6(13)10-11-9(14)7-2-4-8(12-15)5-3-7/h2-5H,1H3,(H,10,13)(H,11,14). The van der Waals surface area contributed by atoms with Crippen LogP contribution in [0.5, 0.6) is 0 Å². The monoisotopic (exact) mass is 207 g/mol. The third kappa shape index (κ3) is 3.18. The van der Waals surface area contributed by atoms with Gasteiger partial charge in [-0.05, 0) is 29.4 Å². The summed E-state index contributed by atoms with van der Waals surface area (Å²) in [6.45, 7) is 1.28. The molecule has 0 aliphatic rings. The molecule has 6 nitrogen and oxygen atoms in total. The van der Waals surface area contributed by atoms with E-state index < -0.39 is 5.91 Å². The van der Waals surface area contributed by atoms with Crippen LogP contribution >= 0.6 is 0 Å². The zero-order valence-electron chi connectivity index (χ0n) is 7.98. The highest BCUT2D eigenvalue weighted by molar-refractivity contribution is 5.95. The van der Waals surface area contributed by atoms with Crippen molar-refractivity contribution < 1.29 is 9.59 Å². The minimum atomic E-state index is -0.456. The first-order valence-electron chi connectivity index (χ1n) is 4.14. The molecule has 2 N–H and O–H groups in total. The maximum atomic E-state index is 11.3. The normalized spacial score (nSPS) is 9.13. The highest BCUT2D eigenvalue weighted by Crippen LogP contribution is 2.11. The van der Waals surface area contributed by atoms with E-state index in [-0.39, 0.29) is 11.6 Å². The zero-order valence-corrected chi connectivity index (χ0v) is 7.98. The lowest BCUT2D eigenvalue weighted by Crippen LogP contribution is -2.40. The Hall–Kier alpha value is -2.24. The first-order chi connectivity index (χ1) is 7.13. The summed E-state index contributed by atoms with van der Waals surface area (Å²) in [6.07, 6.45) is 0. The van der Waals surface area contributed by atoms with Gasteiger partial charge in [0.15, 0.2) is 0 Å². The van der Waals surface area contributed by atoms with Crippen LogP contribution in [0.1, 0.15) is 17.3 Å². The summed E-state index contributed by atoms with van der Waals surface area (Å²) < 4.78 is 0. The van der Waals surface area contributed by atoms with Crippen LogP contribution in [0.2, 0.25) is 0 Å². The van der Waals surface area contributed by atoms with Crippen molar-refractivity contribution >= 4 is 17.5 Å². The molecule has 0 atom stereocenters. The third-order valence-electron chi connectivity index (χ3n) is 1.59. The van der Waals surface area contributed by atoms with Crippen LogP contribution in [0.25, 0.3) is 0 Å². The van der Waals surface area contributed by atoms with Crippen molar-refractivity contribution in [1.82, 2.24) is 10.9 Å². The van der Waals surface area contributed by atoms with E-state index in [0.717, 1.165) is 0 Å². The van der Waals surface area contributed by atoms with E-state index in [0.29, 0.717) is 5.56 Å². The molecule has 1 aromatic carbocycles. The molecule has 1 rings (SSSR count). The molecule has 0 radical (unpaired) electrons. The molecule has 78 valence electrons. The topological polar surface area (TPSA) is 87.6 Å². The molecule has 0 unspecified atom stereocenters. The summed E-state index contributed by atoms with van der Waals surface area (Å²) in [5.41, 5.74) is 4.91. The van der Waals surface area contributed by atoms with Gasteiger partial charge < -0.3 is 0 Å². The summed E-state index contributed by atoms with van der Waals surface area (Å²) in [6, 6.07) is 5.70. The minimum absolute atomic E-state index is 0.242. The lowest BCUT2D eigenvalue weighted by molar-refractivity contribution is -0.119. The van der Waals surface area contributed by atoms with Crippen molar-refractivity contribution in [2.24, 2.45) is 5.18 Å². The molecule has 0 fully saturated rings. The van der Waals surface area contributed by atoms with E-state index in [1.807, 2.05) is 0 Å². The van der Waals surface area contributed by atoms with Crippen molar-refractivity contribution in [3.63, 3.8) is 0 Å². The number of hydrogen-bond donors (Lipinski definition) is 2. The Morgan fingerprint density at radius 2 is 1.73 bits per heavy atom. The number of carbonyl (C=O) groups excluding carboxylic acids is 2. The van der Waals surface area contributed by atoms with Crippen LogP contribution in [-0.2, 0) is 4.79 Å². The first-order valence-corrected chi connectivity index (χ1v) is 4.14. The van der Waals surface area contributed by atoms with Gasteiger partial charge in [0.05, 0.1) is 0 Å². The largest absolute Gasteiger partial charge is 0.274 e. The third-order valence-corrected chi connectivity index (χ3v) is 1.59. The fraction of sp³-hybridized carbons (Fsp3) is 0.111. The Bertz CT molecular complexity index is 386. The predicted molar refractivity (Wildman–Crippen MR) is 53.2 cm³/mol. The van der Waals surface area contributed by atoms with E-state index >= 15 is 0 Å². The molecular formula is C9H9N3O3. The molecule has 6 heteroatoms. The fourth-order valence-corrected chi connectivity index (χ4v) is 0.891. The van der Waals surface area contributed by atoms with Gasteiger partial charge >= 0.3 is 0 Å². The SMILES string of the molecule is CC(=O)NNC(=O)c1ccc(N=O)cc1. The van der Waals surface area contributed by atoms with Crippen LogP contribution in [0.15, 0.2) is 29.4 Å². The van der Waals surface area contributed by atoms with Gasteiger partial charge in [-0.1, -0.05) is 0 Å². The van der Waals surface area contributed by atoms with Gasteiger partial charge in [0, 0.05) is 12.5 Å². The smallest absolute Gasteiger partial charge is 0.269 e. The number of carbonyl (C=O) groups is 2. The van der Waals surface area contributed by atoms with E-state index in [2.05, 4.69) is 16.0 Å². The van der Waals surface area contributed by atoms with Gasteiger partial charge in [-0.2, -0.15) is 0 Å². The van der Waals surface area contributed by atoms with Gasteiger partial charge in [-0.15, -0.1) is 4.91 Å². The first kappa shape index (κ1) is 10.8. The Kier molecular flexibility index (Phi) is 3.50. The van der Waals surface area contributed by atoms with E-state index in [1.165, 1.54) is 31.2 Å². The van der Waals surface area contributed by atoms with Gasteiger partial charge in [-0.25, -0.2) is 0 Å². The lowest BCUT2D eigenvalue weighted by Gasteiger charge is -2.04. The van der Waals surface area contributed by atoms with Crippen molar-refractivity contribution in [1.29, 1.82) is 0 Å². The Balaban J connectivity index is 2.66. The number of hydrazine groups is 1. The van der Waals surface area contributed by atoms with E-state index in [4.69, 9.17) is 0 Å². The highest BCUT2D eigenvalue weighted by atomic mass is 16.3. The van der Waals surface area contributed by atoms with Crippen LogP contribution in [0.4, 0.5) is 5.69 Å². The number of hydrogen-bond acceptors (Lipinski definition) is 4. The minimum Gasteiger partial charge on any atom is -0.274 e. The molecule has 0 saturated carbocycles. The molecule has 0 spiro atoms. The number of rotatable bonds is 2. The number of amides is 2. The Morgan fingerprint density at radius 1 is 1.13 bits per heavy atom. The second-order valence-corrected chi connectivity index (χ2v) is 2.77. The second kappa shape index (κ2) is 4.85. The highest BCUT2D eigenvalue weighted by Gasteiger charge is 2.04. The number of nitroso groups, excluding NO2 is 1. The number of benzene rings is 1. The average molecular weight is 207 g/mol. The van der Waals surface area contributed by atoms with Gasteiger partial charge in [0.1, 0.15) is 5.69 Å². The van der Waals surface area contributed by atoms with E-state index in [1.54, 1.807) is 0 Å². The number of nitrogens with zero attached hydrogens (tertiary/aromatic N) is 1. The fourth-order valence-electron chi connectivity index (χ4n) is 0.891. The van der Waals surface area contributed by atoms with Gasteiger partial charge in [0.2, 0.25) is 5.91 Å². The zero-order chi connectivity index (χ0) is 11.3. The van der Waals surface area contributed by atoms with Crippen molar-refractivity contribution in [2.45, 2.75) is 6.92 Å². The molecule has 1 aromatic rings. The van der Waals surface area contributed by atoms with E-state index in [9.17, 15) is 14.5 Å². The number of nitrogens with one attached hydrogen (secondary N) is 2. The molecule has 2 amide bonds.